The third kappa shape index (κ3) is 3.82. The summed E-state index contributed by atoms with van der Waals surface area (Å²) in [7, 11) is 2.80. The number of hydrogen-bond donors (Lipinski definition) is 0. The third-order valence-electron chi connectivity index (χ3n) is 3.46. The van der Waals surface area contributed by atoms with Gasteiger partial charge in [-0.1, -0.05) is 27.2 Å². The summed E-state index contributed by atoms with van der Waals surface area (Å²) in [4.78, 5) is 37.2. The van der Waals surface area contributed by atoms with E-state index in [4.69, 9.17) is 0 Å². The van der Waals surface area contributed by atoms with E-state index in [0.717, 1.165) is 16.2 Å². The van der Waals surface area contributed by atoms with Gasteiger partial charge in [0.1, 0.15) is 0 Å². The lowest BCUT2D eigenvalue weighted by Crippen LogP contribution is -2.47. The number of hydrogen-bond acceptors (Lipinski definition) is 3. The minimum absolute atomic E-state index is 0.177. The molecule has 0 aliphatic heterocycles. The van der Waals surface area contributed by atoms with Crippen LogP contribution < -0.4 is 0 Å². The minimum atomic E-state index is -0.575. The van der Waals surface area contributed by atoms with Crippen LogP contribution in [-0.4, -0.2) is 41.7 Å². The summed E-state index contributed by atoms with van der Waals surface area (Å²) in [6, 6.07) is -0.575. The number of carbonyl (C=O) groups is 3. The SMILES string of the molecule is CC[C@@H](C)[C@H](CC)C(=O)N(C)C(=O)N(C)C(C)=O. The number of rotatable bonds is 4. The Morgan fingerprint density at radius 2 is 1.50 bits per heavy atom. The van der Waals surface area contributed by atoms with Crippen molar-refractivity contribution in [2.24, 2.45) is 11.8 Å². The molecule has 0 fully saturated rings. The summed E-state index contributed by atoms with van der Waals surface area (Å²) >= 11 is 0. The highest BCUT2D eigenvalue weighted by Crippen LogP contribution is 2.21. The summed E-state index contributed by atoms with van der Waals surface area (Å²) in [6.07, 6.45) is 1.57. The Labute approximate surface area is 109 Å². The molecule has 0 saturated carbocycles. The van der Waals surface area contributed by atoms with Crippen LogP contribution in [0.1, 0.15) is 40.5 Å². The van der Waals surface area contributed by atoms with Gasteiger partial charge in [0.25, 0.3) is 0 Å². The average Bonchev–Trinajstić information content (AvgIpc) is 2.36. The van der Waals surface area contributed by atoms with Gasteiger partial charge >= 0.3 is 6.03 Å². The highest BCUT2D eigenvalue weighted by atomic mass is 16.2. The molecule has 18 heavy (non-hydrogen) atoms. The summed E-state index contributed by atoms with van der Waals surface area (Å²) in [5, 5.41) is 0. The zero-order valence-electron chi connectivity index (χ0n) is 12.2. The lowest BCUT2D eigenvalue weighted by molar-refractivity contribution is -0.134. The minimum Gasteiger partial charge on any atom is -0.275 e. The maximum absolute atomic E-state index is 12.2. The molecule has 4 amide bonds. The van der Waals surface area contributed by atoms with E-state index in [0.29, 0.717) is 6.42 Å². The van der Waals surface area contributed by atoms with E-state index in [-0.39, 0.29) is 23.7 Å². The Bertz CT molecular complexity index is 328. The second-order valence-electron chi connectivity index (χ2n) is 4.66. The second kappa shape index (κ2) is 7.13. The van der Waals surface area contributed by atoms with Crippen molar-refractivity contribution in [3.05, 3.63) is 0 Å². The van der Waals surface area contributed by atoms with Crippen LogP contribution in [0, 0.1) is 11.8 Å². The maximum atomic E-state index is 12.2. The number of amides is 4. The molecule has 0 radical (unpaired) electrons. The summed E-state index contributed by atoms with van der Waals surface area (Å²) in [5.74, 6) is -0.550. The molecule has 0 spiro atoms. The zero-order valence-corrected chi connectivity index (χ0v) is 12.2. The maximum Gasteiger partial charge on any atom is 0.332 e. The van der Waals surface area contributed by atoms with Gasteiger partial charge in [0, 0.05) is 26.9 Å². The van der Waals surface area contributed by atoms with E-state index in [1.165, 1.54) is 21.0 Å². The largest absolute Gasteiger partial charge is 0.332 e. The molecule has 104 valence electrons. The van der Waals surface area contributed by atoms with Gasteiger partial charge in [0.15, 0.2) is 0 Å². The number of imide groups is 2. The molecule has 0 saturated heterocycles. The first kappa shape index (κ1) is 16.6. The van der Waals surface area contributed by atoms with Crippen molar-refractivity contribution in [1.29, 1.82) is 0 Å². The first-order chi connectivity index (χ1) is 8.27. The standard InChI is InChI=1S/C13H24N2O3/c1-7-9(3)11(8-2)12(17)15(6)13(18)14(5)10(4)16/h9,11H,7-8H2,1-6H3/t9-,11+/m1/s1. The molecule has 0 aliphatic carbocycles. The Balaban J connectivity index is 4.87. The molecular weight excluding hydrogens is 232 g/mol. The molecule has 0 N–H and O–H groups in total. The first-order valence-corrected chi connectivity index (χ1v) is 6.33. The van der Waals surface area contributed by atoms with Crippen molar-refractivity contribution < 1.29 is 14.4 Å². The lowest BCUT2D eigenvalue weighted by atomic mass is 9.88. The van der Waals surface area contributed by atoms with Gasteiger partial charge in [-0.3, -0.25) is 19.4 Å². The Hall–Kier alpha value is -1.39. The molecule has 2 atom stereocenters. The topological polar surface area (TPSA) is 57.7 Å². The van der Waals surface area contributed by atoms with E-state index in [9.17, 15) is 14.4 Å². The fraction of sp³-hybridized carbons (Fsp3) is 0.769. The van der Waals surface area contributed by atoms with Gasteiger partial charge < -0.3 is 0 Å². The van der Waals surface area contributed by atoms with Crippen LogP contribution in [0.4, 0.5) is 4.79 Å². The monoisotopic (exact) mass is 256 g/mol. The zero-order chi connectivity index (χ0) is 14.5. The molecule has 0 aromatic heterocycles. The second-order valence-corrected chi connectivity index (χ2v) is 4.66. The number of carbonyl (C=O) groups excluding carboxylic acids is 3. The van der Waals surface area contributed by atoms with E-state index in [1.807, 2.05) is 20.8 Å². The first-order valence-electron chi connectivity index (χ1n) is 6.33. The Morgan fingerprint density at radius 1 is 1.00 bits per heavy atom. The van der Waals surface area contributed by atoms with Crippen molar-refractivity contribution in [2.75, 3.05) is 14.1 Å². The molecule has 0 aromatic carbocycles. The van der Waals surface area contributed by atoms with Crippen LogP contribution in [0.5, 0.6) is 0 Å². The van der Waals surface area contributed by atoms with Crippen LogP contribution in [0.2, 0.25) is 0 Å². The van der Waals surface area contributed by atoms with Crippen molar-refractivity contribution >= 4 is 17.8 Å². The number of urea groups is 1. The van der Waals surface area contributed by atoms with Gasteiger partial charge in [-0.25, -0.2) is 4.79 Å². The van der Waals surface area contributed by atoms with Crippen LogP contribution in [0.15, 0.2) is 0 Å². The molecule has 0 heterocycles. The fourth-order valence-electron chi connectivity index (χ4n) is 1.81. The summed E-state index contributed by atoms with van der Waals surface area (Å²) < 4.78 is 0. The average molecular weight is 256 g/mol. The van der Waals surface area contributed by atoms with E-state index >= 15 is 0 Å². The molecule has 0 bridgehead atoms. The molecule has 0 unspecified atom stereocenters. The predicted octanol–water partition coefficient (Wildman–Crippen LogP) is 2.12. The van der Waals surface area contributed by atoms with E-state index in [2.05, 4.69) is 0 Å². The Kier molecular flexibility index (Phi) is 6.58. The van der Waals surface area contributed by atoms with Gasteiger partial charge in [-0.15, -0.1) is 0 Å². The van der Waals surface area contributed by atoms with Crippen LogP contribution in [0.3, 0.4) is 0 Å². The lowest BCUT2D eigenvalue weighted by Gasteiger charge is -2.27. The predicted molar refractivity (Wildman–Crippen MR) is 69.8 cm³/mol. The molecule has 0 rings (SSSR count). The van der Waals surface area contributed by atoms with Crippen LogP contribution in [0.25, 0.3) is 0 Å². The van der Waals surface area contributed by atoms with Gasteiger partial charge in [-0.05, 0) is 12.3 Å². The normalized spacial score (nSPS) is 13.7. The highest BCUT2D eigenvalue weighted by molar-refractivity contribution is 6.01. The summed E-state index contributed by atoms with van der Waals surface area (Å²) in [5.41, 5.74) is 0. The van der Waals surface area contributed by atoms with Gasteiger partial charge in [0.2, 0.25) is 11.8 Å². The molecule has 5 heteroatoms. The molecule has 5 nitrogen and oxygen atoms in total. The fourth-order valence-corrected chi connectivity index (χ4v) is 1.81. The smallest absolute Gasteiger partial charge is 0.275 e. The molecular formula is C13H24N2O3. The van der Waals surface area contributed by atoms with E-state index < -0.39 is 6.03 Å². The molecule has 0 aliphatic rings. The van der Waals surface area contributed by atoms with Crippen molar-refractivity contribution in [2.45, 2.75) is 40.5 Å². The van der Waals surface area contributed by atoms with Crippen molar-refractivity contribution in [1.82, 2.24) is 9.80 Å². The Morgan fingerprint density at radius 3 is 1.83 bits per heavy atom. The van der Waals surface area contributed by atoms with Crippen LogP contribution >= 0.6 is 0 Å². The molecule has 0 aromatic rings. The van der Waals surface area contributed by atoms with Gasteiger partial charge in [-0.2, -0.15) is 0 Å². The summed E-state index contributed by atoms with van der Waals surface area (Å²) in [6.45, 7) is 7.24. The van der Waals surface area contributed by atoms with Gasteiger partial charge in [0.05, 0.1) is 0 Å². The van der Waals surface area contributed by atoms with E-state index in [1.54, 1.807) is 0 Å². The highest BCUT2D eigenvalue weighted by Gasteiger charge is 2.30. The quantitative estimate of drug-likeness (QED) is 0.774. The van der Waals surface area contributed by atoms with Crippen LogP contribution in [-0.2, 0) is 9.59 Å². The number of nitrogens with zero attached hydrogens (tertiary/aromatic N) is 2. The van der Waals surface area contributed by atoms with Crippen molar-refractivity contribution in [3.63, 3.8) is 0 Å². The third-order valence-corrected chi connectivity index (χ3v) is 3.46. The van der Waals surface area contributed by atoms with Crippen molar-refractivity contribution in [3.8, 4) is 0 Å².